The summed E-state index contributed by atoms with van der Waals surface area (Å²) in [5, 5.41) is 10.7. The second-order valence-corrected chi connectivity index (χ2v) is 6.15. The van der Waals surface area contributed by atoms with Crippen molar-refractivity contribution in [2.45, 2.75) is 18.7 Å². The van der Waals surface area contributed by atoms with Crippen molar-refractivity contribution >= 4 is 16.5 Å². The predicted molar refractivity (Wildman–Crippen MR) is 71.1 cm³/mol. The lowest BCUT2D eigenvalue weighted by Crippen LogP contribution is -2.19. The standard InChI is InChI=1S/C11H13F2N5OS/c1-6(20(2)19)5-18-11(15-16-17-18)7-3-10(14)9(13)4-8(7)12/h3-4,6H,5,14H2,1-2H3. The van der Waals surface area contributed by atoms with Gasteiger partial charge in [0.25, 0.3) is 0 Å². The van der Waals surface area contributed by atoms with Gasteiger partial charge >= 0.3 is 0 Å². The first kappa shape index (κ1) is 14.5. The molecule has 0 aliphatic heterocycles. The molecule has 2 unspecified atom stereocenters. The van der Waals surface area contributed by atoms with Crippen molar-refractivity contribution in [3.05, 3.63) is 23.8 Å². The fraction of sp³-hybridized carbons (Fsp3) is 0.364. The van der Waals surface area contributed by atoms with Gasteiger partial charge in [0.15, 0.2) is 5.82 Å². The Bertz CT molecular complexity index is 660. The number of aromatic nitrogens is 4. The minimum Gasteiger partial charge on any atom is -0.396 e. The molecule has 0 saturated carbocycles. The van der Waals surface area contributed by atoms with E-state index in [9.17, 15) is 13.0 Å². The summed E-state index contributed by atoms with van der Waals surface area (Å²) in [7, 11) is -1.07. The van der Waals surface area contributed by atoms with Crippen LogP contribution in [-0.2, 0) is 17.3 Å². The number of nitrogen functional groups attached to an aromatic ring is 1. The van der Waals surface area contributed by atoms with E-state index in [1.165, 1.54) is 4.68 Å². The molecule has 1 aromatic heterocycles. The Labute approximate surface area is 116 Å². The topological polar surface area (TPSA) is 86.7 Å². The van der Waals surface area contributed by atoms with Crippen LogP contribution in [0.1, 0.15) is 6.92 Å². The van der Waals surface area contributed by atoms with E-state index in [-0.39, 0.29) is 28.9 Å². The fourth-order valence-electron chi connectivity index (χ4n) is 1.61. The van der Waals surface area contributed by atoms with Gasteiger partial charge in [0.05, 0.1) is 23.0 Å². The zero-order chi connectivity index (χ0) is 14.9. The maximum atomic E-state index is 13.8. The summed E-state index contributed by atoms with van der Waals surface area (Å²) >= 11 is 0. The molecule has 6 nitrogen and oxygen atoms in total. The second-order valence-electron chi connectivity index (χ2n) is 4.35. The van der Waals surface area contributed by atoms with Gasteiger partial charge in [-0.3, -0.25) is 4.21 Å². The van der Waals surface area contributed by atoms with E-state index in [1.54, 1.807) is 13.2 Å². The molecule has 0 aliphatic carbocycles. The highest BCUT2D eigenvalue weighted by atomic mass is 32.2. The lowest BCUT2D eigenvalue weighted by atomic mass is 10.1. The summed E-state index contributed by atoms with van der Waals surface area (Å²) in [6, 6.07) is 1.82. The third-order valence-corrected chi connectivity index (χ3v) is 4.14. The molecule has 0 aliphatic rings. The van der Waals surface area contributed by atoms with Crippen molar-refractivity contribution in [3.63, 3.8) is 0 Å². The number of hydrogen-bond donors (Lipinski definition) is 1. The van der Waals surface area contributed by atoms with Gasteiger partial charge in [0.1, 0.15) is 11.6 Å². The summed E-state index contributed by atoms with van der Waals surface area (Å²) < 4.78 is 39.6. The number of benzene rings is 1. The number of rotatable bonds is 4. The Kier molecular flexibility index (Phi) is 4.07. The van der Waals surface area contributed by atoms with Gasteiger partial charge < -0.3 is 5.73 Å². The number of tetrazole rings is 1. The monoisotopic (exact) mass is 301 g/mol. The Morgan fingerprint density at radius 3 is 2.75 bits per heavy atom. The second kappa shape index (κ2) is 5.61. The Morgan fingerprint density at radius 1 is 1.40 bits per heavy atom. The highest BCUT2D eigenvalue weighted by Crippen LogP contribution is 2.25. The molecule has 2 rings (SSSR count). The van der Waals surface area contributed by atoms with Crippen LogP contribution in [0.2, 0.25) is 0 Å². The Hall–Kier alpha value is -1.90. The number of anilines is 1. The molecule has 0 saturated heterocycles. The van der Waals surface area contributed by atoms with E-state index in [0.717, 1.165) is 6.07 Å². The molecule has 2 N–H and O–H groups in total. The molecule has 0 amide bonds. The van der Waals surface area contributed by atoms with Gasteiger partial charge in [-0.15, -0.1) is 5.10 Å². The minimum atomic E-state index is -1.07. The van der Waals surface area contributed by atoms with Crippen molar-refractivity contribution in [3.8, 4) is 11.4 Å². The van der Waals surface area contributed by atoms with Crippen LogP contribution in [0.15, 0.2) is 12.1 Å². The molecule has 2 aromatic rings. The zero-order valence-corrected chi connectivity index (χ0v) is 11.7. The van der Waals surface area contributed by atoms with E-state index in [2.05, 4.69) is 15.5 Å². The Balaban J connectivity index is 2.42. The number of nitrogens with zero attached hydrogens (tertiary/aromatic N) is 4. The smallest absolute Gasteiger partial charge is 0.185 e. The molecule has 108 valence electrons. The van der Waals surface area contributed by atoms with Crippen molar-refractivity contribution in [1.82, 2.24) is 20.2 Å². The molecule has 0 radical (unpaired) electrons. The first-order valence-corrected chi connectivity index (χ1v) is 7.35. The van der Waals surface area contributed by atoms with Gasteiger partial charge in [-0.05, 0) is 23.4 Å². The largest absolute Gasteiger partial charge is 0.396 e. The highest BCUT2D eigenvalue weighted by molar-refractivity contribution is 7.84. The summed E-state index contributed by atoms with van der Waals surface area (Å²) in [4.78, 5) is 0. The maximum absolute atomic E-state index is 13.8. The molecular formula is C11H13F2N5OS. The molecular weight excluding hydrogens is 288 g/mol. The van der Waals surface area contributed by atoms with Gasteiger partial charge in [-0.25, -0.2) is 13.5 Å². The average molecular weight is 301 g/mol. The van der Waals surface area contributed by atoms with Crippen LogP contribution in [0.3, 0.4) is 0 Å². The highest BCUT2D eigenvalue weighted by Gasteiger charge is 2.18. The third-order valence-electron chi connectivity index (χ3n) is 2.86. The van der Waals surface area contributed by atoms with Gasteiger partial charge in [0.2, 0.25) is 0 Å². The van der Waals surface area contributed by atoms with Crippen molar-refractivity contribution < 1.29 is 13.0 Å². The number of halogens is 2. The van der Waals surface area contributed by atoms with Crippen LogP contribution in [0.4, 0.5) is 14.5 Å². The van der Waals surface area contributed by atoms with E-state index in [4.69, 9.17) is 5.73 Å². The SMILES string of the molecule is CC(Cn1nnnc1-c1cc(N)c(F)cc1F)S(C)=O. The molecule has 0 fully saturated rings. The van der Waals surface area contributed by atoms with Crippen molar-refractivity contribution in [1.29, 1.82) is 0 Å². The van der Waals surface area contributed by atoms with Crippen molar-refractivity contribution in [2.75, 3.05) is 12.0 Å². The fourth-order valence-corrected chi connectivity index (χ4v) is 1.96. The average Bonchev–Trinajstić information content (AvgIpc) is 2.81. The third kappa shape index (κ3) is 2.82. The van der Waals surface area contributed by atoms with E-state index in [1.807, 2.05) is 0 Å². The molecule has 0 bridgehead atoms. The van der Waals surface area contributed by atoms with E-state index in [0.29, 0.717) is 6.07 Å². The Morgan fingerprint density at radius 2 is 2.10 bits per heavy atom. The van der Waals surface area contributed by atoms with Crippen LogP contribution >= 0.6 is 0 Å². The first-order chi connectivity index (χ1) is 9.40. The lowest BCUT2D eigenvalue weighted by Gasteiger charge is -2.10. The maximum Gasteiger partial charge on any atom is 0.185 e. The quantitative estimate of drug-likeness (QED) is 0.850. The van der Waals surface area contributed by atoms with Gasteiger partial charge in [0, 0.05) is 23.1 Å². The molecule has 2 atom stereocenters. The van der Waals surface area contributed by atoms with Crippen LogP contribution in [-0.4, -0.2) is 35.9 Å². The van der Waals surface area contributed by atoms with Gasteiger partial charge in [-0.1, -0.05) is 0 Å². The summed E-state index contributed by atoms with van der Waals surface area (Å²) in [5.74, 6) is -1.53. The summed E-state index contributed by atoms with van der Waals surface area (Å²) in [6.45, 7) is 2.01. The summed E-state index contributed by atoms with van der Waals surface area (Å²) in [6.07, 6.45) is 1.56. The van der Waals surface area contributed by atoms with Crippen LogP contribution in [0, 0.1) is 11.6 Å². The van der Waals surface area contributed by atoms with Crippen molar-refractivity contribution in [2.24, 2.45) is 0 Å². The molecule has 20 heavy (non-hydrogen) atoms. The van der Waals surface area contributed by atoms with Crippen LogP contribution in [0.5, 0.6) is 0 Å². The zero-order valence-electron chi connectivity index (χ0n) is 10.9. The molecule has 1 aromatic carbocycles. The van der Waals surface area contributed by atoms with Crippen LogP contribution in [0.25, 0.3) is 11.4 Å². The van der Waals surface area contributed by atoms with Crippen LogP contribution < -0.4 is 5.73 Å². The predicted octanol–water partition coefficient (Wildman–Crippen LogP) is 0.967. The number of nitrogens with two attached hydrogens (primary N) is 1. The summed E-state index contributed by atoms with van der Waals surface area (Å²) in [5.41, 5.74) is 5.24. The molecule has 9 heteroatoms. The first-order valence-electron chi connectivity index (χ1n) is 5.73. The lowest BCUT2D eigenvalue weighted by molar-refractivity contribution is 0.570. The van der Waals surface area contributed by atoms with E-state index < -0.39 is 22.4 Å². The van der Waals surface area contributed by atoms with Gasteiger partial charge in [-0.2, -0.15) is 0 Å². The molecule has 0 spiro atoms. The minimum absolute atomic E-state index is 0.00276. The number of hydrogen-bond acceptors (Lipinski definition) is 5. The molecule has 1 heterocycles. The normalized spacial score (nSPS) is 14.2. The van der Waals surface area contributed by atoms with E-state index >= 15 is 0 Å².